The van der Waals surface area contributed by atoms with Crippen LogP contribution in [0, 0.1) is 0 Å². The van der Waals surface area contributed by atoms with E-state index in [2.05, 4.69) is 10.3 Å². The van der Waals surface area contributed by atoms with E-state index in [9.17, 15) is 14.7 Å². The summed E-state index contributed by atoms with van der Waals surface area (Å²) in [5.74, 6) is -0.191. The number of nitrogens with zero attached hydrogens (tertiary/aromatic N) is 3. The molecule has 9 nitrogen and oxygen atoms in total. The number of thiophene rings is 1. The van der Waals surface area contributed by atoms with E-state index >= 15 is 0 Å². The lowest BCUT2D eigenvalue weighted by atomic mass is 10.1. The number of ether oxygens (including phenoxy) is 1. The van der Waals surface area contributed by atoms with Gasteiger partial charge in [0.25, 0.3) is 5.91 Å². The average Bonchev–Trinajstić information content (AvgIpc) is 3.47. The number of imidazole rings is 1. The maximum Gasteiger partial charge on any atom is 0.407 e. The number of amides is 2. The van der Waals surface area contributed by atoms with E-state index in [0.29, 0.717) is 35.3 Å². The first-order valence-corrected chi connectivity index (χ1v) is 13.7. The van der Waals surface area contributed by atoms with Crippen molar-refractivity contribution in [2.75, 3.05) is 13.1 Å². The van der Waals surface area contributed by atoms with E-state index in [1.165, 1.54) is 16.2 Å². The van der Waals surface area contributed by atoms with E-state index in [1.54, 1.807) is 18.5 Å². The van der Waals surface area contributed by atoms with E-state index in [1.807, 2.05) is 68.7 Å². The fourth-order valence-electron chi connectivity index (χ4n) is 4.28. The zero-order chi connectivity index (χ0) is 28.3. The number of benzene rings is 2. The summed E-state index contributed by atoms with van der Waals surface area (Å²) in [5, 5.41) is 14.1. The van der Waals surface area contributed by atoms with Crippen molar-refractivity contribution < 1.29 is 19.4 Å². The second-order valence-corrected chi connectivity index (χ2v) is 11.6. The van der Waals surface area contributed by atoms with Crippen molar-refractivity contribution in [3.8, 4) is 10.8 Å². The molecule has 11 heteroatoms. The normalized spacial score (nSPS) is 12.4. The zero-order valence-electron chi connectivity index (χ0n) is 22.3. The molecule has 2 aromatic carbocycles. The van der Waals surface area contributed by atoms with Gasteiger partial charge >= 0.3 is 6.09 Å². The number of carbonyl (C=O) groups is 2. The molecule has 206 valence electrons. The molecule has 0 saturated heterocycles. The largest absolute Gasteiger partial charge is 0.484 e. The molecule has 0 bridgehead atoms. The number of aromatic nitrogens is 2. The average molecular weight is 570 g/mol. The molecule has 2 heterocycles. The molecule has 0 saturated carbocycles. The summed E-state index contributed by atoms with van der Waals surface area (Å²) in [7, 11) is 0. The molecular weight excluding hydrogens is 538 g/mol. The first kappa shape index (κ1) is 28.4. The van der Waals surface area contributed by atoms with Crippen LogP contribution in [0.1, 0.15) is 54.6 Å². The number of fused-ring (bicyclic) bond motifs is 1. The van der Waals surface area contributed by atoms with Crippen LogP contribution in [0.5, 0.6) is 5.75 Å². The highest BCUT2D eigenvalue weighted by Crippen LogP contribution is 2.37. The predicted molar refractivity (Wildman–Crippen MR) is 154 cm³/mol. The Labute approximate surface area is 236 Å². The minimum Gasteiger partial charge on any atom is -0.484 e. The molecule has 0 fully saturated rings. The Bertz CT molecular complexity index is 1490. The van der Waals surface area contributed by atoms with Crippen molar-refractivity contribution in [3.05, 3.63) is 75.9 Å². The Morgan fingerprint density at radius 2 is 1.97 bits per heavy atom. The summed E-state index contributed by atoms with van der Waals surface area (Å²) in [6, 6.07) is 15.1. The molecule has 0 radical (unpaired) electrons. The number of halogens is 1. The third kappa shape index (κ3) is 6.52. The van der Waals surface area contributed by atoms with Crippen LogP contribution in [0.4, 0.5) is 4.79 Å². The van der Waals surface area contributed by atoms with E-state index in [0.717, 1.165) is 27.2 Å². The third-order valence-electron chi connectivity index (χ3n) is 6.29. The van der Waals surface area contributed by atoms with Gasteiger partial charge in [-0.05, 0) is 51.5 Å². The fraction of sp³-hybridized carbons (Fsp3) is 0.321. The van der Waals surface area contributed by atoms with Gasteiger partial charge in [0, 0.05) is 41.8 Å². The van der Waals surface area contributed by atoms with Gasteiger partial charge < -0.3 is 25.8 Å². The molecule has 39 heavy (non-hydrogen) atoms. The number of nitrogens with two attached hydrogens (primary N) is 1. The number of hydrogen-bond acceptors (Lipinski definition) is 6. The highest BCUT2D eigenvalue weighted by Gasteiger charge is 2.25. The molecule has 0 spiro atoms. The van der Waals surface area contributed by atoms with Crippen molar-refractivity contribution in [3.63, 3.8) is 0 Å². The van der Waals surface area contributed by atoms with E-state index in [4.69, 9.17) is 22.1 Å². The molecule has 4 N–H and O–H groups in total. The topological polar surface area (TPSA) is 123 Å². The van der Waals surface area contributed by atoms with Crippen LogP contribution in [-0.4, -0.2) is 50.2 Å². The summed E-state index contributed by atoms with van der Waals surface area (Å²) >= 11 is 7.56. The van der Waals surface area contributed by atoms with Crippen molar-refractivity contribution >= 4 is 46.0 Å². The van der Waals surface area contributed by atoms with Gasteiger partial charge in [-0.3, -0.25) is 9.36 Å². The van der Waals surface area contributed by atoms with Crippen molar-refractivity contribution in [1.29, 1.82) is 0 Å². The molecule has 0 unspecified atom stereocenters. The summed E-state index contributed by atoms with van der Waals surface area (Å²) in [4.78, 5) is 30.1. The minimum absolute atomic E-state index is 0.311. The second-order valence-electron chi connectivity index (χ2n) is 10.1. The number of rotatable bonds is 10. The van der Waals surface area contributed by atoms with Gasteiger partial charge in [0.15, 0.2) is 0 Å². The molecule has 4 rings (SSSR count). The van der Waals surface area contributed by atoms with Crippen LogP contribution in [0.15, 0.2) is 54.9 Å². The van der Waals surface area contributed by atoms with Gasteiger partial charge in [-0.2, -0.15) is 0 Å². The molecule has 0 aliphatic carbocycles. The lowest BCUT2D eigenvalue weighted by Gasteiger charge is -2.33. The lowest BCUT2D eigenvalue weighted by molar-refractivity contribution is 0.0991. The lowest BCUT2D eigenvalue weighted by Crippen LogP contribution is -2.47. The van der Waals surface area contributed by atoms with Crippen molar-refractivity contribution in [2.24, 2.45) is 5.73 Å². The Balaban J connectivity index is 1.53. The van der Waals surface area contributed by atoms with Gasteiger partial charge in [-0.25, -0.2) is 9.78 Å². The minimum atomic E-state index is -0.939. The molecule has 2 amide bonds. The van der Waals surface area contributed by atoms with Crippen LogP contribution >= 0.6 is 22.9 Å². The monoisotopic (exact) mass is 569 g/mol. The third-order valence-corrected chi connectivity index (χ3v) is 7.76. The van der Waals surface area contributed by atoms with Crippen LogP contribution in [0.3, 0.4) is 0 Å². The molecular formula is C28H32ClN5O4S. The second kappa shape index (κ2) is 11.6. The molecule has 2 aromatic heterocycles. The Morgan fingerprint density at radius 1 is 1.23 bits per heavy atom. The quantitative estimate of drug-likeness (QED) is 0.206. The molecule has 0 aliphatic rings. The number of hydrogen-bond donors (Lipinski definition) is 3. The number of carboxylic acid groups (broad SMARTS) is 1. The standard InChI is InChI=1S/C28H32ClN5O4S/c1-17(19-7-5-6-8-20(19)29)38-23-14-24(39-25(23)26(30)35)33-16-32-21-10-9-18(13-22(21)33)15-31-11-12-34(27(36)37)28(2,3)4/h5-10,13-14,16-17,31H,11-12,15H2,1-4H3,(H2,30,35)(H,36,37)/t17-/m1/s1. The Kier molecular flexibility index (Phi) is 8.48. The van der Waals surface area contributed by atoms with Gasteiger partial charge in [0.2, 0.25) is 0 Å². The first-order valence-electron chi connectivity index (χ1n) is 12.5. The van der Waals surface area contributed by atoms with Gasteiger partial charge in [0.1, 0.15) is 28.1 Å². The van der Waals surface area contributed by atoms with E-state index in [-0.39, 0.29) is 0 Å². The SMILES string of the molecule is C[C@@H](Oc1cc(-n2cnc3ccc(CNCCN(C(=O)O)C(C)(C)C)cc32)sc1C(N)=O)c1ccccc1Cl. The summed E-state index contributed by atoms with van der Waals surface area (Å²) in [6.45, 7) is 8.93. The van der Waals surface area contributed by atoms with Gasteiger partial charge in [-0.15, -0.1) is 11.3 Å². The summed E-state index contributed by atoms with van der Waals surface area (Å²) in [6.07, 6.45) is 0.366. The van der Waals surface area contributed by atoms with Crippen molar-refractivity contribution in [2.45, 2.75) is 45.9 Å². The van der Waals surface area contributed by atoms with Crippen LogP contribution in [0.25, 0.3) is 16.0 Å². The zero-order valence-corrected chi connectivity index (χ0v) is 23.8. The molecule has 0 aliphatic heterocycles. The maximum absolute atomic E-state index is 12.3. The van der Waals surface area contributed by atoms with E-state index < -0.39 is 23.6 Å². The first-order chi connectivity index (χ1) is 18.5. The predicted octanol–water partition coefficient (Wildman–Crippen LogP) is 5.85. The van der Waals surface area contributed by atoms with Gasteiger partial charge in [0.05, 0.1) is 11.0 Å². The number of nitrogens with one attached hydrogen (secondary N) is 1. The van der Waals surface area contributed by atoms with Crippen LogP contribution in [-0.2, 0) is 6.54 Å². The van der Waals surface area contributed by atoms with Crippen LogP contribution in [0.2, 0.25) is 5.02 Å². The van der Waals surface area contributed by atoms with Crippen molar-refractivity contribution in [1.82, 2.24) is 19.8 Å². The highest BCUT2D eigenvalue weighted by atomic mass is 35.5. The number of primary amides is 1. The Hall–Kier alpha value is -3.60. The van der Waals surface area contributed by atoms with Gasteiger partial charge in [-0.1, -0.05) is 35.9 Å². The number of carbonyl (C=O) groups excluding carboxylic acids is 1. The van der Waals surface area contributed by atoms with Crippen LogP contribution < -0.4 is 15.8 Å². The summed E-state index contributed by atoms with van der Waals surface area (Å²) in [5.41, 5.74) is 8.69. The summed E-state index contributed by atoms with van der Waals surface area (Å²) < 4.78 is 8.05. The fourth-order valence-corrected chi connectivity index (χ4v) is 5.50. The highest BCUT2D eigenvalue weighted by molar-refractivity contribution is 7.16. The Morgan fingerprint density at radius 3 is 2.64 bits per heavy atom. The maximum atomic E-state index is 12.3. The smallest absolute Gasteiger partial charge is 0.407 e. The molecule has 1 atom stereocenters. The molecule has 4 aromatic rings.